The van der Waals surface area contributed by atoms with Crippen LogP contribution in [0.15, 0.2) is 82.2 Å². The van der Waals surface area contributed by atoms with Crippen LogP contribution in [0.25, 0.3) is 0 Å². The van der Waals surface area contributed by atoms with Crippen LogP contribution in [0.1, 0.15) is 0 Å². The van der Waals surface area contributed by atoms with Crippen LogP contribution in [-0.2, 0) is 0 Å². The van der Waals surface area contributed by atoms with Crippen molar-refractivity contribution < 1.29 is 0 Å². The highest BCUT2D eigenvalue weighted by atomic mass is 32.2. The first kappa shape index (κ1) is 15.0. The molecule has 0 bridgehead atoms. The molecule has 0 atom stereocenters. The topological polar surface area (TPSA) is 0 Å². The maximum Gasteiger partial charge on any atom is 0.0687 e. The molecule has 0 amide bonds. The van der Waals surface area contributed by atoms with Crippen LogP contribution < -0.4 is 0 Å². The van der Waals surface area contributed by atoms with Crippen LogP contribution >= 0.6 is 10.5 Å². The predicted molar refractivity (Wildman–Crippen MR) is 95.6 cm³/mol. The van der Waals surface area contributed by atoms with E-state index in [4.69, 9.17) is 0 Å². The summed E-state index contributed by atoms with van der Waals surface area (Å²) >= 11 is 0. The number of hydrogen-bond donors (Lipinski definition) is 0. The largest absolute Gasteiger partial charge is 0.123 e. The Balaban J connectivity index is 2.41. The summed E-state index contributed by atoms with van der Waals surface area (Å²) in [5, 5.41) is 2.35. The van der Waals surface area contributed by atoms with Gasteiger partial charge in [-0.05, 0) is 29.6 Å². The van der Waals surface area contributed by atoms with Gasteiger partial charge in [0.1, 0.15) is 0 Å². The molecule has 104 valence electrons. The molecule has 0 radical (unpaired) electrons. The fourth-order valence-electron chi connectivity index (χ4n) is 1.83. The molecule has 2 rings (SSSR count). The summed E-state index contributed by atoms with van der Waals surface area (Å²) in [4.78, 5) is 2.75. The van der Waals surface area contributed by atoms with Gasteiger partial charge in [0.2, 0.25) is 0 Å². The zero-order valence-corrected chi connectivity index (χ0v) is 14.2. The van der Waals surface area contributed by atoms with Crippen molar-refractivity contribution in [2.75, 3.05) is 0 Å². The Morgan fingerprint density at radius 1 is 0.750 bits per heavy atom. The fourth-order valence-corrected chi connectivity index (χ4v) is 4.37. The van der Waals surface area contributed by atoms with Gasteiger partial charge in [-0.25, -0.2) is 0 Å². The van der Waals surface area contributed by atoms with Gasteiger partial charge in [0.25, 0.3) is 0 Å². The van der Waals surface area contributed by atoms with Crippen LogP contribution in [0.5, 0.6) is 0 Å². The molecular formula is C18H22SSi. The van der Waals surface area contributed by atoms with E-state index < -0.39 is 8.07 Å². The summed E-state index contributed by atoms with van der Waals surface area (Å²) < 4.78 is 0. The van der Waals surface area contributed by atoms with Gasteiger partial charge in [-0.1, -0.05) is 67.8 Å². The molecule has 0 heterocycles. The highest BCUT2D eigenvalue weighted by Crippen LogP contribution is 2.34. The second-order valence-electron chi connectivity index (χ2n) is 5.83. The number of hydrogen-bond acceptors (Lipinski definition) is 0. The molecule has 2 aromatic rings. The smallest absolute Gasteiger partial charge is 0.0687 e. The SMILES string of the molecule is C[Si](C)(C)/C=C/C=S(c1ccccc1)c1ccccc1. The minimum absolute atomic E-state index is 0.0245. The second-order valence-corrected chi connectivity index (χ2v) is 12.8. The average molecular weight is 299 g/mol. The summed E-state index contributed by atoms with van der Waals surface area (Å²) in [5.74, 6) is 0. The summed E-state index contributed by atoms with van der Waals surface area (Å²) in [5.41, 5.74) is 2.40. The van der Waals surface area contributed by atoms with Crippen LogP contribution in [0, 0.1) is 0 Å². The van der Waals surface area contributed by atoms with Crippen molar-refractivity contribution in [1.29, 1.82) is 0 Å². The Kier molecular flexibility index (Phi) is 5.15. The van der Waals surface area contributed by atoms with E-state index in [2.05, 4.69) is 97.4 Å². The second kappa shape index (κ2) is 6.87. The third-order valence-corrected chi connectivity index (χ3v) is 5.99. The van der Waals surface area contributed by atoms with Crippen LogP contribution in [0.3, 0.4) is 0 Å². The van der Waals surface area contributed by atoms with E-state index in [0.717, 1.165) is 0 Å². The number of benzene rings is 2. The Morgan fingerprint density at radius 2 is 1.20 bits per heavy atom. The van der Waals surface area contributed by atoms with Gasteiger partial charge < -0.3 is 0 Å². The van der Waals surface area contributed by atoms with Crippen LogP contribution in [-0.4, -0.2) is 13.4 Å². The lowest BCUT2D eigenvalue weighted by molar-refractivity contribution is 1.40. The van der Waals surface area contributed by atoms with Crippen molar-refractivity contribution in [3.05, 3.63) is 72.4 Å². The normalized spacial score (nSPS) is 12.0. The zero-order chi connectivity index (χ0) is 14.4. The van der Waals surface area contributed by atoms with Gasteiger partial charge in [0, 0.05) is 9.79 Å². The summed E-state index contributed by atoms with van der Waals surface area (Å²) in [6.07, 6.45) is 2.27. The van der Waals surface area contributed by atoms with Gasteiger partial charge in [0.05, 0.1) is 8.07 Å². The van der Waals surface area contributed by atoms with Crippen molar-refractivity contribution in [3.63, 3.8) is 0 Å². The third-order valence-electron chi connectivity index (χ3n) is 2.81. The highest BCUT2D eigenvalue weighted by Gasteiger charge is 2.06. The van der Waals surface area contributed by atoms with Gasteiger partial charge >= 0.3 is 0 Å². The van der Waals surface area contributed by atoms with Gasteiger partial charge in [0.15, 0.2) is 0 Å². The molecule has 0 saturated heterocycles. The summed E-state index contributed by atoms with van der Waals surface area (Å²) in [6.45, 7) is 7.08. The first-order valence-electron chi connectivity index (χ1n) is 6.92. The summed E-state index contributed by atoms with van der Waals surface area (Å²) in [7, 11) is -1.11. The lowest BCUT2D eigenvalue weighted by Gasteiger charge is -2.10. The minimum atomic E-state index is -1.13. The molecule has 20 heavy (non-hydrogen) atoms. The molecule has 0 aliphatic heterocycles. The maximum absolute atomic E-state index is 2.40. The molecule has 2 aromatic carbocycles. The third kappa shape index (κ3) is 4.62. The minimum Gasteiger partial charge on any atom is -0.123 e. The lowest BCUT2D eigenvalue weighted by atomic mass is 10.4. The van der Waals surface area contributed by atoms with Crippen molar-refractivity contribution in [2.45, 2.75) is 29.4 Å². The van der Waals surface area contributed by atoms with Crippen molar-refractivity contribution in [2.24, 2.45) is 0 Å². The molecule has 0 aliphatic carbocycles. The first-order chi connectivity index (χ1) is 9.56. The van der Waals surface area contributed by atoms with Crippen molar-refractivity contribution in [1.82, 2.24) is 0 Å². The zero-order valence-electron chi connectivity index (χ0n) is 12.4. The fraction of sp³-hybridized carbons (Fsp3) is 0.167. The van der Waals surface area contributed by atoms with E-state index in [9.17, 15) is 0 Å². The molecule has 0 aromatic heterocycles. The maximum atomic E-state index is 2.40. The predicted octanol–water partition coefficient (Wildman–Crippen LogP) is 5.61. The molecule has 0 spiro atoms. The van der Waals surface area contributed by atoms with Crippen LogP contribution in [0.2, 0.25) is 19.6 Å². The molecule has 0 nitrogen and oxygen atoms in total. The van der Waals surface area contributed by atoms with Crippen LogP contribution in [0.4, 0.5) is 0 Å². The average Bonchev–Trinajstić information content (AvgIpc) is 2.44. The number of allylic oxidation sites excluding steroid dienone is 1. The highest BCUT2D eigenvalue weighted by molar-refractivity contribution is 8.15. The molecule has 2 heteroatoms. The lowest BCUT2D eigenvalue weighted by Crippen LogP contribution is -2.15. The van der Waals surface area contributed by atoms with E-state index >= 15 is 0 Å². The molecule has 0 unspecified atom stereocenters. The van der Waals surface area contributed by atoms with E-state index in [0.29, 0.717) is 0 Å². The Morgan fingerprint density at radius 3 is 1.60 bits per heavy atom. The molecular weight excluding hydrogens is 276 g/mol. The Labute approximate surface area is 126 Å². The monoisotopic (exact) mass is 298 g/mol. The Bertz CT molecular complexity index is 551. The van der Waals surface area contributed by atoms with Gasteiger partial charge in [-0.2, -0.15) is 0 Å². The summed E-state index contributed by atoms with van der Waals surface area (Å²) in [6, 6.07) is 21.5. The molecule has 0 saturated carbocycles. The first-order valence-corrected chi connectivity index (χ1v) is 11.8. The van der Waals surface area contributed by atoms with E-state index in [-0.39, 0.29) is 10.5 Å². The molecule has 0 fully saturated rings. The van der Waals surface area contributed by atoms with Crippen molar-refractivity contribution >= 4 is 23.9 Å². The van der Waals surface area contributed by atoms with Gasteiger partial charge in [-0.15, -0.1) is 10.5 Å². The quantitative estimate of drug-likeness (QED) is 0.391. The Hall–Kier alpha value is -1.38. The molecule has 0 aliphatic rings. The van der Waals surface area contributed by atoms with E-state index in [1.807, 2.05) is 0 Å². The van der Waals surface area contributed by atoms with Gasteiger partial charge in [-0.3, -0.25) is 0 Å². The standard InChI is InChI=1S/C18H22SSi/c1-20(2,3)16-10-15-19(17-11-6-4-7-12-17)18-13-8-5-9-14-18/h4-16H,1-3H3/b16-10+. The van der Waals surface area contributed by atoms with E-state index in [1.165, 1.54) is 9.79 Å². The number of rotatable bonds is 4. The van der Waals surface area contributed by atoms with E-state index in [1.54, 1.807) is 0 Å². The molecule has 0 N–H and O–H groups in total. The van der Waals surface area contributed by atoms with Crippen molar-refractivity contribution in [3.8, 4) is 0 Å².